The molecule has 0 saturated heterocycles. The van der Waals surface area contributed by atoms with Gasteiger partial charge in [-0.15, -0.1) is 0 Å². The summed E-state index contributed by atoms with van der Waals surface area (Å²) in [6, 6.07) is 5.57. The lowest BCUT2D eigenvalue weighted by molar-refractivity contribution is -0.120. The molecule has 1 amide bonds. The summed E-state index contributed by atoms with van der Waals surface area (Å²) < 4.78 is 0. The number of hydrogen-bond acceptors (Lipinski definition) is 1. The number of allylic oxidation sites excluding steroid dienone is 2. The van der Waals surface area contributed by atoms with Crippen LogP contribution >= 0.6 is 11.6 Å². The largest absolute Gasteiger partial charge is 0.326 e. The maximum Gasteiger partial charge on any atom is 0.227 e. The monoisotopic (exact) mass is 249 g/mol. The van der Waals surface area contributed by atoms with Gasteiger partial charge in [0.15, 0.2) is 0 Å². The fourth-order valence-corrected chi connectivity index (χ4v) is 2.18. The van der Waals surface area contributed by atoms with Crippen LogP contribution in [0.5, 0.6) is 0 Å². The summed E-state index contributed by atoms with van der Waals surface area (Å²) in [6.45, 7) is 1.92. The quantitative estimate of drug-likeness (QED) is 0.791. The van der Waals surface area contributed by atoms with E-state index >= 15 is 0 Å². The van der Waals surface area contributed by atoms with Gasteiger partial charge in [-0.1, -0.05) is 29.8 Å². The van der Waals surface area contributed by atoms with Gasteiger partial charge in [-0.3, -0.25) is 4.79 Å². The van der Waals surface area contributed by atoms with Crippen LogP contribution in [0.1, 0.15) is 24.8 Å². The highest BCUT2D eigenvalue weighted by Crippen LogP contribution is 2.25. The minimum absolute atomic E-state index is 0.0957. The first-order valence-electron chi connectivity index (χ1n) is 5.89. The SMILES string of the molecule is Cc1c(Cl)cccc1NC(=O)[C@H]1CC=CCC1. The summed E-state index contributed by atoms with van der Waals surface area (Å²) in [5.41, 5.74) is 1.74. The molecule has 1 N–H and O–H groups in total. The Morgan fingerprint density at radius 1 is 1.41 bits per heavy atom. The minimum Gasteiger partial charge on any atom is -0.326 e. The zero-order chi connectivity index (χ0) is 12.3. The van der Waals surface area contributed by atoms with Crippen molar-refractivity contribution in [2.75, 3.05) is 5.32 Å². The zero-order valence-corrected chi connectivity index (χ0v) is 10.6. The second-order valence-corrected chi connectivity index (χ2v) is 4.79. The molecule has 1 atom stereocenters. The molecular formula is C14H16ClNO. The van der Waals surface area contributed by atoms with Gasteiger partial charge in [-0.05, 0) is 43.9 Å². The van der Waals surface area contributed by atoms with Gasteiger partial charge in [0, 0.05) is 16.6 Å². The van der Waals surface area contributed by atoms with Crippen LogP contribution in [0.2, 0.25) is 5.02 Å². The maximum absolute atomic E-state index is 12.0. The van der Waals surface area contributed by atoms with Crippen LogP contribution in [0.3, 0.4) is 0 Å². The molecule has 2 nitrogen and oxygen atoms in total. The molecule has 17 heavy (non-hydrogen) atoms. The number of hydrogen-bond donors (Lipinski definition) is 1. The molecule has 90 valence electrons. The molecule has 0 bridgehead atoms. The Hall–Kier alpha value is -1.28. The normalized spacial score (nSPS) is 19.1. The molecule has 1 aromatic carbocycles. The molecule has 1 aliphatic carbocycles. The Morgan fingerprint density at radius 3 is 2.94 bits per heavy atom. The number of rotatable bonds is 2. The van der Waals surface area contributed by atoms with Gasteiger partial charge in [0.2, 0.25) is 5.91 Å². The van der Waals surface area contributed by atoms with Crippen LogP contribution in [0.25, 0.3) is 0 Å². The molecule has 0 aromatic heterocycles. The number of amides is 1. The Balaban J connectivity index is 2.07. The van der Waals surface area contributed by atoms with Gasteiger partial charge in [-0.25, -0.2) is 0 Å². The highest BCUT2D eigenvalue weighted by molar-refractivity contribution is 6.31. The van der Waals surface area contributed by atoms with Crippen molar-refractivity contribution < 1.29 is 4.79 Å². The molecule has 0 radical (unpaired) electrons. The Bertz CT molecular complexity index is 454. The summed E-state index contributed by atoms with van der Waals surface area (Å²) in [7, 11) is 0. The minimum atomic E-state index is 0.0957. The van der Waals surface area contributed by atoms with Crippen molar-refractivity contribution in [3.63, 3.8) is 0 Å². The summed E-state index contributed by atoms with van der Waals surface area (Å²) in [6.07, 6.45) is 6.98. The number of nitrogens with one attached hydrogen (secondary N) is 1. The predicted molar refractivity (Wildman–Crippen MR) is 71.3 cm³/mol. The van der Waals surface area contributed by atoms with Crippen LogP contribution in [0.4, 0.5) is 5.69 Å². The molecule has 0 saturated carbocycles. The van der Waals surface area contributed by atoms with Gasteiger partial charge in [0.05, 0.1) is 0 Å². The average Bonchev–Trinajstić information content (AvgIpc) is 2.36. The van der Waals surface area contributed by atoms with Crippen LogP contribution in [0.15, 0.2) is 30.4 Å². The van der Waals surface area contributed by atoms with Gasteiger partial charge < -0.3 is 5.32 Å². The molecule has 0 fully saturated rings. The van der Waals surface area contributed by atoms with E-state index in [1.54, 1.807) is 0 Å². The lowest BCUT2D eigenvalue weighted by Gasteiger charge is -2.18. The second-order valence-electron chi connectivity index (χ2n) is 4.38. The summed E-state index contributed by atoms with van der Waals surface area (Å²) in [4.78, 5) is 12.0. The van der Waals surface area contributed by atoms with E-state index in [0.29, 0.717) is 5.02 Å². The molecule has 1 aliphatic rings. The Labute approximate surface area is 107 Å². The summed E-state index contributed by atoms with van der Waals surface area (Å²) in [5, 5.41) is 3.65. The Morgan fingerprint density at radius 2 is 2.24 bits per heavy atom. The molecule has 2 rings (SSSR count). The number of halogens is 1. The molecule has 0 aliphatic heterocycles. The zero-order valence-electron chi connectivity index (χ0n) is 9.87. The van der Waals surface area contributed by atoms with Gasteiger partial charge in [-0.2, -0.15) is 0 Å². The van der Waals surface area contributed by atoms with E-state index in [9.17, 15) is 4.79 Å². The van der Waals surface area contributed by atoms with Gasteiger partial charge in [0.25, 0.3) is 0 Å². The third-order valence-corrected chi connectivity index (χ3v) is 3.57. The fourth-order valence-electron chi connectivity index (χ4n) is 2.01. The van der Waals surface area contributed by atoms with E-state index in [2.05, 4.69) is 17.5 Å². The van der Waals surface area contributed by atoms with Crippen molar-refractivity contribution in [2.45, 2.75) is 26.2 Å². The standard InChI is InChI=1S/C14H16ClNO/c1-10-12(15)8-5-9-13(10)16-14(17)11-6-3-2-4-7-11/h2-3,5,8-9,11H,4,6-7H2,1H3,(H,16,17)/t11-/m0/s1. The lowest BCUT2D eigenvalue weighted by atomic mass is 9.93. The van der Waals surface area contributed by atoms with Crippen LogP contribution < -0.4 is 5.32 Å². The maximum atomic E-state index is 12.0. The van der Waals surface area contributed by atoms with Crippen molar-refractivity contribution in [2.24, 2.45) is 5.92 Å². The van der Waals surface area contributed by atoms with Crippen molar-refractivity contribution >= 4 is 23.2 Å². The van der Waals surface area contributed by atoms with E-state index in [-0.39, 0.29) is 11.8 Å². The van der Waals surface area contributed by atoms with Gasteiger partial charge >= 0.3 is 0 Å². The molecule has 3 heteroatoms. The number of carbonyl (C=O) groups excluding carboxylic acids is 1. The first-order chi connectivity index (χ1) is 8.18. The molecule has 0 spiro atoms. The summed E-state index contributed by atoms with van der Waals surface area (Å²) in [5.74, 6) is 0.193. The highest BCUT2D eigenvalue weighted by Gasteiger charge is 2.19. The second kappa shape index (κ2) is 5.37. The van der Waals surface area contributed by atoms with E-state index in [1.165, 1.54) is 0 Å². The first-order valence-corrected chi connectivity index (χ1v) is 6.27. The van der Waals surface area contributed by atoms with Crippen LogP contribution in [-0.2, 0) is 4.79 Å². The number of carbonyl (C=O) groups is 1. The van der Waals surface area contributed by atoms with Gasteiger partial charge in [0.1, 0.15) is 0 Å². The first kappa shape index (κ1) is 12.2. The molecular weight excluding hydrogens is 234 g/mol. The third kappa shape index (κ3) is 2.89. The number of anilines is 1. The fraction of sp³-hybridized carbons (Fsp3) is 0.357. The van der Waals surface area contributed by atoms with E-state index < -0.39 is 0 Å². The van der Waals surface area contributed by atoms with Crippen molar-refractivity contribution in [3.8, 4) is 0 Å². The number of benzene rings is 1. The predicted octanol–water partition coefficient (Wildman–Crippen LogP) is 3.94. The van der Waals surface area contributed by atoms with Crippen molar-refractivity contribution in [3.05, 3.63) is 40.9 Å². The summed E-state index contributed by atoms with van der Waals surface area (Å²) >= 11 is 6.02. The van der Waals surface area contributed by atoms with E-state index in [4.69, 9.17) is 11.6 Å². The van der Waals surface area contributed by atoms with Crippen molar-refractivity contribution in [1.29, 1.82) is 0 Å². The van der Waals surface area contributed by atoms with E-state index in [0.717, 1.165) is 30.5 Å². The third-order valence-electron chi connectivity index (χ3n) is 3.17. The van der Waals surface area contributed by atoms with Crippen LogP contribution in [0, 0.1) is 12.8 Å². The lowest BCUT2D eigenvalue weighted by Crippen LogP contribution is -2.23. The topological polar surface area (TPSA) is 29.1 Å². The Kier molecular flexibility index (Phi) is 3.85. The molecule has 0 unspecified atom stereocenters. The average molecular weight is 250 g/mol. The highest BCUT2D eigenvalue weighted by atomic mass is 35.5. The van der Waals surface area contributed by atoms with E-state index in [1.807, 2.05) is 25.1 Å². The molecule has 1 aromatic rings. The van der Waals surface area contributed by atoms with Crippen LogP contribution in [-0.4, -0.2) is 5.91 Å². The molecule has 0 heterocycles. The van der Waals surface area contributed by atoms with Crippen molar-refractivity contribution in [1.82, 2.24) is 0 Å². The smallest absolute Gasteiger partial charge is 0.227 e.